The first kappa shape index (κ1) is 11.2. The van der Waals surface area contributed by atoms with Gasteiger partial charge in [-0.05, 0) is 56.0 Å². The summed E-state index contributed by atoms with van der Waals surface area (Å²) in [5.74, 6) is 0. The lowest BCUT2D eigenvalue weighted by molar-refractivity contribution is 0.411. The zero-order valence-electron chi connectivity index (χ0n) is 10.0. The van der Waals surface area contributed by atoms with Crippen LogP contribution in [0.15, 0.2) is 12.1 Å². The third-order valence-electron chi connectivity index (χ3n) is 3.42. The Morgan fingerprint density at radius 2 is 2.06 bits per heavy atom. The van der Waals surface area contributed by atoms with E-state index in [2.05, 4.69) is 30.4 Å². The second kappa shape index (κ2) is 4.67. The Morgan fingerprint density at radius 3 is 2.69 bits per heavy atom. The first-order valence-corrected chi connectivity index (χ1v) is 5.97. The highest BCUT2D eigenvalue weighted by molar-refractivity contribution is 5.45. The molecule has 1 aliphatic heterocycles. The van der Waals surface area contributed by atoms with E-state index >= 15 is 0 Å². The smallest absolute Gasteiger partial charge is 0.0994 e. The molecule has 0 spiro atoms. The number of nitrogens with zero attached hydrogens (tertiary/aromatic N) is 1. The lowest BCUT2D eigenvalue weighted by Gasteiger charge is -2.25. The number of hydrogen-bond acceptors (Lipinski definition) is 2. The first-order valence-electron chi connectivity index (χ1n) is 5.97. The van der Waals surface area contributed by atoms with Crippen LogP contribution in [-0.2, 0) is 0 Å². The summed E-state index contributed by atoms with van der Waals surface area (Å²) in [4.78, 5) is 0. The minimum Gasteiger partial charge on any atom is -0.310 e. The molecule has 1 atom stereocenters. The van der Waals surface area contributed by atoms with Crippen LogP contribution in [0.3, 0.4) is 0 Å². The normalized spacial score (nSPS) is 20.4. The van der Waals surface area contributed by atoms with E-state index < -0.39 is 0 Å². The topological polar surface area (TPSA) is 35.8 Å². The molecular formula is C14H18N2. The standard InChI is InChI=1S/C14H18N2/c1-10-7-11(2)13(8-12(10)9-15)14-5-3-4-6-16-14/h7-8,14,16H,3-6H2,1-2H3. The number of benzene rings is 1. The zero-order valence-corrected chi connectivity index (χ0v) is 10.0. The fourth-order valence-corrected chi connectivity index (χ4v) is 2.48. The molecule has 0 aliphatic carbocycles. The fourth-order valence-electron chi connectivity index (χ4n) is 2.48. The summed E-state index contributed by atoms with van der Waals surface area (Å²) >= 11 is 0. The Balaban J connectivity index is 2.36. The summed E-state index contributed by atoms with van der Waals surface area (Å²) in [7, 11) is 0. The highest BCUT2D eigenvalue weighted by Gasteiger charge is 2.17. The van der Waals surface area contributed by atoms with Crippen molar-refractivity contribution in [2.75, 3.05) is 6.54 Å². The summed E-state index contributed by atoms with van der Waals surface area (Å²) in [6.07, 6.45) is 3.74. The molecule has 1 saturated heterocycles. The van der Waals surface area contributed by atoms with Gasteiger partial charge < -0.3 is 5.32 Å². The number of hydrogen-bond donors (Lipinski definition) is 1. The predicted molar refractivity (Wildman–Crippen MR) is 65.2 cm³/mol. The number of piperidine rings is 1. The van der Waals surface area contributed by atoms with Crippen molar-refractivity contribution in [3.63, 3.8) is 0 Å². The van der Waals surface area contributed by atoms with E-state index in [0.717, 1.165) is 17.7 Å². The van der Waals surface area contributed by atoms with Crippen LogP contribution >= 0.6 is 0 Å². The summed E-state index contributed by atoms with van der Waals surface area (Å²) in [5, 5.41) is 12.6. The van der Waals surface area contributed by atoms with E-state index in [4.69, 9.17) is 5.26 Å². The van der Waals surface area contributed by atoms with Crippen molar-refractivity contribution in [2.45, 2.75) is 39.2 Å². The van der Waals surface area contributed by atoms with Crippen LogP contribution in [0.25, 0.3) is 0 Å². The molecule has 1 N–H and O–H groups in total. The van der Waals surface area contributed by atoms with Gasteiger partial charge in [0.1, 0.15) is 0 Å². The molecule has 1 fully saturated rings. The number of nitriles is 1. The molecule has 0 saturated carbocycles. The second-order valence-corrected chi connectivity index (χ2v) is 4.64. The average molecular weight is 214 g/mol. The molecule has 1 aromatic carbocycles. The van der Waals surface area contributed by atoms with Gasteiger partial charge in [0, 0.05) is 6.04 Å². The van der Waals surface area contributed by atoms with Gasteiger partial charge in [-0.2, -0.15) is 5.26 Å². The third-order valence-corrected chi connectivity index (χ3v) is 3.42. The maximum Gasteiger partial charge on any atom is 0.0994 e. The number of aryl methyl sites for hydroxylation is 2. The Bertz CT molecular complexity index is 423. The Morgan fingerprint density at radius 1 is 1.25 bits per heavy atom. The van der Waals surface area contributed by atoms with Gasteiger partial charge in [0.25, 0.3) is 0 Å². The highest BCUT2D eigenvalue weighted by Crippen LogP contribution is 2.27. The lowest BCUT2D eigenvalue weighted by atomic mass is 9.91. The highest BCUT2D eigenvalue weighted by atomic mass is 14.9. The van der Waals surface area contributed by atoms with Crippen molar-refractivity contribution in [1.82, 2.24) is 5.32 Å². The molecule has 2 heteroatoms. The summed E-state index contributed by atoms with van der Waals surface area (Å²) in [6, 6.07) is 6.91. The Kier molecular flexibility index (Phi) is 3.26. The van der Waals surface area contributed by atoms with E-state index in [-0.39, 0.29) is 0 Å². The van der Waals surface area contributed by atoms with Crippen LogP contribution in [0, 0.1) is 25.2 Å². The van der Waals surface area contributed by atoms with Crippen LogP contribution in [0.5, 0.6) is 0 Å². The minimum absolute atomic E-state index is 0.446. The Hall–Kier alpha value is -1.33. The van der Waals surface area contributed by atoms with Crippen LogP contribution in [0.4, 0.5) is 0 Å². The average Bonchev–Trinajstić information content (AvgIpc) is 2.30. The van der Waals surface area contributed by atoms with E-state index in [1.54, 1.807) is 0 Å². The molecule has 2 nitrogen and oxygen atoms in total. The summed E-state index contributed by atoms with van der Waals surface area (Å²) in [6.45, 7) is 5.24. The van der Waals surface area contributed by atoms with Crippen molar-refractivity contribution in [1.29, 1.82) is 5.26 Å². The van der Waals surface area contributed by atoms with Gasteiger partial charge in [-0.1, -0.05) is 12.5 Å². The van der Waals surface area contributed by atoms with Crippen LogP contribution < -0.4 is 5.32 Å². The summed E-state index contributed by atoms with van der Waals surface area (Å²) < 4.78 is 0. The molecule has 16 heavy (non-hydrogen) atoms. The van der Waals surface area contributed by atoms with Crippen LogP contribution in [0.2, 0.25) is 0 Å². The number of nitrogens with one attached hydrogen (secondary N) is 1. The maximum absolute atomic E-state index is 9.06. The SMILES string of the molecule is Cc1cc(C)c(C2CCCCN2)cc1C#N. The molecule has 84 valence electrons. The molecule has 1 unspecified atom stereocenters. The Labute approximate surface area is 97.3 Å². The largest absolute Gasteiger partial charge is 0.310 e. The first-order chi connectivity index (χ1) is 7.72. The molecule has 0 aromatic heterocycles. The van der Waals surface area contributed by atoms with E-state index in [9.17, 15) is 0 Å². The maximum atomic E-state index is 9.06. The molecule has 0 amide bonds. The zero-order chi connectivity index (χ0) is 11.5. The predicted octanol–water partition coefficient (Wildman–Crippen LogP) is 2.99. The molecular weight excluding hydrogens is 196 g/mol. The van der Waals surface area contributed by atoms with Crippen LogP contribution in [-0.4, -0.2) is 6.54 Å². The van der Waals surface area contributed by atoms with Crippen molar-refractivity contribution in [3.8, 4) is 6.07 Å². The lowest BCUT2D eigenvalue weighted by Crippen LogP contribution is -2.27. The van der Waals surface area contributed by atoms with E-state index in [1.165, 1.54) is 30.4 Å². The fraction of sp³-hybridized carbons (Fsp3) is 0.500. The molecule has 0 radical (unpaired) electrons. The molecule has 2 rings (SSSR count). The molecule has 1 heterocycles. The minimum atomic E-state index is 0.446. The van der Waals surface area contributed by atoms with Gasteiger partial charge in [-0.3, -0.25) is 0 Å². The van der Waals surface area contributed by atoms with Gasteiger partial charge in [-0.25, -0.2) is 0 Å². The molecule has 1 aromatic rings. The van der Waals surface area contributed by atoms with Crippen molar-refractivity contribution in [3.05, 3.63) is 34.4 Å². The van der Waals surface area contributed by atoms with Crippen molar-refractivity contribution < 1.29 is 0 Å². The number of rotatable bonds is 1. The van der Waals surface area contributed by atoms with Crippen molar-refractivity contribution in [2.24, 2.45) is 0 Å². The quantitative estimate of drug-likeness (QED) is 0.780. The van der Waals surface area contributed by atoms with Crippen LogP contribution in [0.1, 0.15) is 47.6 Å². The van der Waals surface area contributed by atoms with Gasteiger partial charge in [-0.15, -0.1) is 0 Å². The second-order valence-electron chi connectivity index (χ2n) is 4.64. The molecule has 1 aliphatic rings. The van der Waals surface area contributed by atoms with E-state index in [1.807, 2.05) is 6.92 Å². The van der Waals surface area contributed by atoms with Gasteiger partial charge in [0.2, 0.25) is 0 Å². The monoisotopic (exact) mass is 214 g/mol. The van der Waals surface area contributed by atoms with Gasteiger partial charge in [0.15, 0.2) is 0 Å². The summed E-state index contributed by atoms with van der Waals surface area (Å²) in [5.41, 5.74) is 4.50. The van der Waals surface area contributed by atoms with Gasteiger partial charge >= 0.3 is 0 Å². The van der Waals surface area contributed by atoms with Gasteiger partial charge in [0.05, 0.1) is 11.6 Å². The molecule has 0 bridgehead atoms. The van der Waals surface area contributed by atoms with Crippen molar-refractivity contribution >= 4 is 0 Å². The van der Waals surface area contributed by atoms with E-state index in [0.29, 0.717) is 6.04 Å². The third kappa shape index (κ3) is 2.10.